The molecule has 0 fully saturated rings. The third-order valence-corrected chi connectivity index (χ3v) is 2.24. The van der Waals surface area contributed by atoms with Crippen LogP contribution in [0.3, 0.4) is 0 Å². The summed E-state index contributed by atoms with van der Waals surface area (Å²) in [6.07, 6.45) is -4.17. The monoisotopic (exact) mass is 300 g/mol. The molecule has 6 nitrogen and oxygen atoms in total. The van der Waals surface area contributed by atoms with Crippen molar-refractivity contribution in [2.45, 2.75) is 32.5 Å². The maximum absolute atomic E-state index is 11.7. The third-order valence-electron chi connectivity index (χ3n) is 2.24. The van der Waals surface area contributed by atoms with Gasteiger partial charge in [0.25, 0.3) is 0 Å². The van der Waals surface area contributed by atoms with Gasteiger partial charge >= 0.3 is 18.2 Å². The van der Waals surface area contributed by atoms with Crippen molar-refractivity contribution in [3.8, 4) is 0 Å². The van der Waals surface area contributed by atoms with Crippen LogP contribution in [0.5, 0.6) is 0 Å². The van der Waals surface area contributed by atoms with E-state index in [1.807, 2.05) is 0 Å². The molecule has 0 saturated carbocycles. The number of halogens is 3. The number of carbonyl (C=O) groups is 2. The van der Waals surface area contributed by atoms with Crippen LogP contribution in [0.1, 0.15) is 20.3 Å². The molecule has 0 aliphatic rings. The molecule has 0 radical (unpaired) electrons. The Morgan fingerprint density at radius 1 is 1.30 bits per heavy atom. The zero-order valence-corrected chi connectivity index (χ0v) is 11.3. The standard InChI is InChI=1S/C11H19F3N2O4/c1-7(2)8(9(17)18)16-10(19)15-4-3-5-20-6-11(12,13)14/h7-8H,3-6H2,1-2H3,(H,17,18)(H2,15,16,19). The summed E-state index contributed by atoms with van der Waals surface area (Å²) in [5, 5.41) is 13.4. The minimum absolute atomic E-state index is 0.0914. The second-order valence-corrected chi connectivity index (χ2v) is 4.48. The Morgan fingerprint density at radius 2 is 1.90 bits per heavy atom. The van der Waals surface area contributed by atoms with Crippen molar-refractivity contribution in [1.82, 2.24) is 10.6 Å². The van der Waals surface area contributed by atoms with Gasteiger partial charge in [0.1, 0.15) is 12.6 Å². The Balaban J connectivity index is 3.76. The quantitative estimate of drug-likeness (QED) is 0.591. The predicted octanol–water partition coefficient (Wildman–Crippen LogP) is 1.36. The highest BCUT2D eigenvalue weighted by atomic mass is 19.4. The van der Waals surface area contributed by atoms with Crippen molar-refractivity contribution in [2.24, 2.45) is 5.92 Å². The first-order valence-corrected chi connectivity index (χ1v) is 6.05. The fourth-order valence-corrected chi connectivity index (χ4v) is 1.27. The SMILES string of the molecule is CC(C)C(NC(=O)NCCCOCC(F)(F)F)C(=O)O. The van der Waals surface area contributed by atoms with Crippen LogP contribution in [-0.4, -0.2) is 49.1 Å². The van der Waals surface area contributed by atoms with E-state index >= 15 is 0 Å². The summed E-state index contributed by atoms with van der Waals surface area (Å²) in [5.41, 5.74) is 0. The van der Waals surface area contributed by atoms with Crippen LogP contribution >= 0.6 is 0 Å². The molecule has 0 rings (SSSR count). The van der Waals surface area contributed by atoms with Crippen molar-refractivity contribution in [3.63, 3.8) is 0 Å². The summed E-state index contributed by atoms with van der Waals surface area (Å²) >= 11 is 0. The van der Waals surface area contributed by atoms with Gasteiger partial charge < -0.3 is 20.5 Å². The van der Waals surface area contributed by atoms with Gasteiger partial charge in [0, 0.05) is 13.2 Å². The van der Waals surface area contributed by atoms with Crippen molar-refractivity contribution in [3.05, 3.63) is 0 Å². The highest BCUT2D eigenvalue weighted by Gasteiger charge is 2.27. The molecule has 3 N–H and O–H groups in total. The Hall–Kier alpha value is -1.51. The molecule has 0 aromatic carbocycles. The summed E-state index contributed by atoms with van der Waals surface area (Å²) in [5.74, 6) is -1.43. The molecule has 1 unspecified atom stereocenters. The van der Waals surface area contributed by atoms with Crippen molar-refractivity contribution >= 4 is 12.0 Å². The number of ether oxygens (including phenoxy) is 1. The van der Waals surface area contributed by atoms with Crippen molar-refractivity contribution < 1.29 is 32.6 Å². The number of nitrogens with one attached hydrogen (secondary N) is 2. The first-order valence-electron chi connectivity index (χ1n) is 6.05. The van der Waals surface area contributed by atoms with E-state index in [0.29, 0.717) is 0 Å². The van der Waals surface area contributed by atoms with Crippen molar-refractivity contribution in [2.75, 3.05) is 19.8 Å². The molecule has 2 amide bonds. The number of hydrogen-bond donors (Lipinski definition) is 3. The number of alkyl halides is 3. The van der Waals surface area contributed by atoms with Gasteiger partial charge in [0.15, 0.2) is 0 Å². The summed E-state index contributed by atoms with van der Waals surface area (Å²) in [4.78, 5) is 22.2. The molecule has 20 heavy (non-hydrogen) atoms. The maximum atomic E-state index is 11.7. The molecule has 0 aromatic heterocycles. The minimum Gasteiger partial charge on any atom is -0.480 e. The van der Waals surface area contributed by atoms with Gasteiger partial charge in [-0.1, -0.05) is 13.8 Å². The number of carboxylic acid groups (broad SMARTS) is 1. The Kier molecular flexibility index (Phi) is 7.97. The number of carbonyl (C=O) groups excluding carboxylic acids is 1. The lowest BCUT2D eigenvalue weighted by atomic mass is 10.1. The van der Waals surface area contributed by atoms with Gasteiger partial charge in [0.2, 0.25) is 0 Å². The van der Waals surface area contributed by atoms with Crippen LogP contribution in [0.25, 0.3) is 0 Å². The largest absolute Gasteiger partial charge is 0.480 e. The molecule has 9 heteroatoms. The molecule has 0 bridgehead atoms. The topological polar surface area (TPSA) is 87.7 Å². The third kappa shape index (κ3) is 9.42. The molecule has 1 atom stereocenters. The minimum atomic E-state index is -4.36. The highest BCUT2D eigenvalue weighted by Crippen LogP contribution is 2.14. The molecule has 0 heterocycles. The van der Waals surface area contributed by atoms with Gasteiger partial charge in [0.05, 0.1) is 0 Å². The second kappa shape index (κ2) is 8.62. The normalized spacial score (nSPS) is 13.1. The number of rotatable bonds is 8. The molecule has 0 aliphatic carbocycles. The molecule has 0 saturated heterocycles. The highest BCUT2D eigenvalue weighted by molar-refractivity contribution is 5.82. The smallest absolute Gasteiger partial charge is 0.411 e. The first kappa shape index (κ1) is 18.5. The van der Waals surface area contributed by atoms with Crippen LogP contribution < -0.4 is 10.6 Å². The summed E-state index contributed by atoms with van der Waals surface area (Å²) < 4.78 is 39.5. The molecule has 118 valence electrons. The van der Waals surface area contributed by atoms with Crippen molar-refractivity contribution in [1.29, 1.82) is 0 Å². The van der Waals surface area contributed by atoms with E-state index in [9.17, 15) is 22.8 Å². The lowest BCUT2D eigenvalue weighted by Gasteiger charge is -2.18. The number of carboxylic acids is 1. The summed E-state index contributed by atoms with van der Waals surface area (Å²) in [7, 11) is 0. The van der Waals surface area contributed by atoms with E-state index < -0.39 is 30.8 Å². The van der Waals surface area contributed by atoms with E-state index in [2.05, 4.69) is 15.4 Å². The average molecular weight is 300 g/mol. The Bertz CT molecular complexity index is 321. The predicted molar refractivity (Wildman–Crippen MR) is 64.3 cm³/mol. The van der Waals surface area contributed by atoms with Gasteiger partial charge in [-0.15, -0.1) is 0 Å². The molecule has 0 aliphatic heterocycles. The van der Waals surface area contributed by atoms with Gasteiger partial charge in [-0.25, -0.2) is 9.59 Å². The number of aliphatic carboxylic acids is 1. The van der Waals surface area contributed by atoms with E-state index in [1.54, 1.807) is 13.8 Å². The lowest BCUT2D eigenvalue weighted by Crippen LogP contribution is -2.48. The Morgan fingerprint density at radius 3 is 2.35 bits per heavy atom. The Labute approximate surface area is 114 Å². The molecule has 0 spiro atoms. The van der Waals surface area contributed by atoms with E-state index in [1.165, 1.54) is 0 Å². The van der Waals surface area contributed by atoms with Gasteiger partial charge in [-0.2, -0.15) is 13.2 Å². The van der Waals surface area contributed by atoms with Gasteiger partial charge in [-0.3, -0.25) is 0 Å². The maximum Gasteiger partial charge on any atom is 0.411 e. The zero-order chi connectivity index (χ0) is 15.8. The van der Waals surface area contributed by atoms with E-state index in [0.717, 1.165) is 0 Å². The fourth-order valence-electron chi connectivity index (χ4n) is 1.27. The first-order chi connectivity index (χ1) is 9.13. The number of urea groups is 1. The van der Waals surface area contributed by atoms with Crippen LogP contribution in [0.2, 0.25) is 0 Å². The second-order valence-electron chi connectivity index (χ2n) is 4.48. The van der Waals surface area contributed by atoms with Crippen LogP contribution in [0.4, 0.5) is 18.0 Å². The number of amides is 2. The molecule has 0 aromatic rings. The molecular formula is C11H19F3N2O4. The van der Waals surface area contributed by atoms with Crippen LogP contribution in [-0.2, 0) is 9.53 Å². The number of hydrogen-bond acceptors (Lipinski definition) is 3. The lowest BCUT2D eigenvalue weighted by molar-refractivity contribution is -0.173. The van der Waals surface area contributed by atoms with Gasteiger partial charge in [-0.05, 0) is 12.3 Å². The van der Waals surface area contributed by atoms with E-state index in [-0.39, 0.29) is 25.5 Å². The van der Waals surface area contributed by atoms with Crippen LogP contribution in [0.15, 0.2) is 0 Å². The van der Waals surface area contributed by atoms with Crippen LogP contribution in [0, 0.1) is 5.92 Å². The fraction of sp³-hybridized carbons (Fsp3) is 0.818. The summed E-state index contributed by atoms with van der Waals surface area (Å²) in [6.45, 7) is 1.90. The zero-order valence-electron chi connectivity index (χ0n) is 11.3. The molecular weight excluding hydrogens is 281 g/mol. The average Bonchev–Trinajstić information content (AvgIpc) is 2.28. The van der Waals surface area contributed by atoms with E-state index in [4.69, 9.17) is 5.11 Å². The summed E-state index contributed by atoms with van der Waals surface area (Å²) in [6, 6.07) is -1.70.